The summed E-state index contributed by atoms with van der Waals surface area (Å²) in [4.78, 5) is 4.65. The summed E-state index contributed by atoms with van der Waals surface area (Å²) in [6, 6.07) is 5.74. The number of nitrogens with zero attached hydrogens (tertiary/aromatic N) is 2. The Kier molecular flexibility index (Phi) is 3.26. The molecule has 0 aliphatic heterocycles. The molecule has 0 bridgehead atoms. The first-order valence-corrected chi connectivity index (χ1v) is 8.38. The Labute approximate surface area is 139 Å². The molecule has 0 saturated heterocycles. The molecule has 4 nitrogen and oxygen atoms in total. The number of rotatable bonds is 3. The zero-order chi connectivity index (χ0) is 15.4. The van der Waals surface area contributed by atoms with Crippen LogP contribution in [0.4, 0.5) is 0 Å². The molecule has 2 aromatic rings. The van der Waals surface area contributed by atoms with Gasteiger partial charge in [0.15, 0.2) is 5.82 Å². The fourth-order valence-corrected chi connectivity index (χ4v) is 3.65. The zero-order valence-corrected chi connectivity index (χ0v) is 13.6. The van der Waals surface area contributed by atoms with Gasteiger partial charge in [-0.1, -0.05) is 40.8 Å². The Bertz CT molecular complexity index is 720. The van der Waals surface area contributed by atoms with Crippen LogP contribution in [0.15, 0.2) is 22.7 Å². The van der Waals surface area contributed by atoms with Crippen molar-refractivity contribution in [2.75, 3.05) is 0 Å². The highest BCUT2D eigenvalue weighted by Gasteiger charge is 2.47. The molecule has 1 aromatic carbocycles. The Morgan fingerprint density at radius 1 is 1.05 bits per heavy atom. The lowest BCUT2D eigenvalue weighted by Gasteiger charge is -2.39. The van der Waals surface area contributed by atoms with Gasteiger partial charge in [0, 0.05) is 0 Å². The van der Waals surface area contributed by atoms with Crippen molar-refractivity contribution in [1.29, 1.82) is 0 Å². The van der Waals surface area contributed by atoms with Crippen LogP contribution in [0.2, 0.25) is 10.0 Å². The van der Waals surface area contributed by atoms with E-state index in [9.17, 15) is 0 Å². The molecule has 1 heterocycles. The molecule has 2 aliphatic rings. The Morgan fingerprint density at radius 2 is 1.77 bits per heavy atom. The summed E-state index contributed by atoms with van der Waals surface area (Å²) in [5.41, 5.74) is 6.75. The van der Waals surface area contributed by atoms with Crippen molar-refractivity contribution in [2.24, 2.45) is 5.73 Å². The maximum absolute atomic E-state index is 6.30. The van der Waals surface area contributed by atoms with Crippen molar-refractivity contribution >= 4 is 23.2 Å². The van der Waals surface area contributed by atoms with Crippen LogP contribution in [-0.2, 0) is 11.0 Å². The summed E-state index contributed by atoms with van der Waals surface area (Å²) in [6.07, 6.45) is 6.05. The van der Waals surface area contributed by atoms with E-state index in [2.05, 4.69) is 10.1 Å². The standard InChI is InChI=1S/C16H17Cl2N3O/c17-11-4-3-10(9-12(11)18)15(5-1-6-15)14-20-13(21-22-14)16(19)7-2-8-16/h3-4,9H,1-2,5-8,19H2. The molecule has 2 fully saturated rings. The summed E-state index contributed by atoms with van der Waals surface area (Å²) in [6.45, 7) is 0. The smallest absolute Gasteiger partial charge is 0.237 e. The van der Waals surface area contributed by atoms with Crippen LogP contribution < -0.4 is 5.73 Å². The van der Waals surface area contributed by atoms with Crippen LogP contribution in [0, 0.1) is 0 Å². The summed E-state index contributed by atoms with van der Waals surface area (Å²) in [7, 11) is 0. The second-order valence-corrected chi connectivity index (χ2v) is 7.31. The molecule has 2 N–H and O–H groups in total. The lowest BCUT2D eigenvalue weighted by atomic mass is 9.64. The third kappa shape index (κ3) is 2.01. The molecule has 2 saturated carbocycles. The van der Waals surface area contributed by atoms with Gasteiger partial charge < -0.3 is 10.3 Å². The molecule has 4 rings (SSSR count). The number of hydrogen-bond acceptors (Lipinski definition) is 4. The third-order valence-electron chi connectivity index (χ3n) is 5.21. The fourth-order valence-electron chi connectivity index (χ4n) is 3.35. The van der Waals surface area contributed by atoms with E-state index in [1.165, 1.54) is 0 Å². The second-order valence-electron chi connectivity index (χ2n) is 6.50. The highest BCUT2D eigenvalue weighted by Crippen LogP contribution is 2.50. The quantitative estimate of drug-likeness (QED) is 0.912. The lowest BCUT2D eigenvalue weighted by molar-refractivity contribution is 0.209. The number of benzene rings is 1. The number of hydrogen-bond donors (Lipinski definition) is 1. The van der Waals surface area contributed by atoms with Crippen molar-refractivity contribution in [3.8, 4) is 0 Å². The SMILES string of the molecule is NC1(c2noc(C3(c4ccc(Cl)c(Cl)c4)CCC3)n2)CCC1. The summed E-state index contributed by atoms with van der Waals surface area (Å²) in [5.74, 6) is 1.30. The molecular weight excluding hydrogens is 321 g/mol. The molecule has 0 atom stereocenters. The molecule has 0 unspecified atom stereocenters. The van der Waals surface area contributed by atoms with Crippen LogP contribution in [0.5, 0.6) is 0 Å². The minimum Gasteiger partial charge on any atom is -0.338 e. The van der Waals surface area contributed by atoms with Gasteiger partial charge in [-0.2, -0.15) is 4.98 Å². The van der Waals surface area contributed by atoms with E-state index >= 15 is 0 Å². The van der Waals surface area contributed by atoms with Gasteiger partial charge in [-0.05, 0) is 49.8 Å². The number of nitrogens with two attached hydrogens (primary N) is 1. The minimum absolute atomic E-state index is 0.237. The van der Waals surface area contributed by atoms with Crippen LogP contribution in [0.25, 0.3) is 0 Å². The second kappa shape index (κ2) is 4.95. The largest absolute Gasteiger partial charge is 0.338 e. The molecule has 22 heavy (non-hydrogen) atoms. The predicted octanol–water partition coefficient (Wildman–Crippen LogP) is 4.18. The van der Waals surface area contributed by atoms with Gasteiger partial charge in [0.1, 0.15) is 0 Å². The van der Waals surface area contributed by atoms with E-state index in [0.717, 1.165) is 44.1 Å². The highest BCUT2D eigenvalue weighted by atomic mass is 35.5. The average molecular weight is 338 g/mol. The fraction of sp³-hybridized carbons (Fsp3) is 0.500. The van der Waals surface area contributed by atoms with Crippen LogP contribution >= 0.6 is 23.2 Å². The minimum atomic E-state index is -0.398. The average Bonchev–Trinajstić information content (AvgIpc) is 2.89. The number of halogens is 2. The Balaban J connectivity index is 1.73. The van der Waals surface area contributed by atoms with Gasteiger partial charge in [-0.15, -0.1) is 0 Å². The first-order valence-electron chi connectivity index (χ1n) is 7.63. The predicted molar refractivity (Wildman–Crippen MR) is 85.1 cm³/mol. The van der Waals surface area contributed by atoms with Gasteiger partial charge in [-0.3, -0.25) is 0 Å². The van der Waals surface area contributed by atoms with E-state index in [1.54, 1.807) is 0 Å². The summed E-state index contributed by atoms with van der Waals surface area (Å²) < 4.78 is 5.60. The maximum Gasteiger partial charge on any atom is 0.237 e. The lowest BCUT2D eigenvalue weighted by Crippen LogP contribution is -2.44. The Hall–Kier alpha value is -1.10. The monoisotopic (exact) mass is 337 g/mol. The van der Waals surface area contributed by atoms with E-state index in [1.807, 2.05) is 18.2 Å². The first-order chi connectivity index (χ1) is 10.5. The van der Waals surface area contributed by atoms with Crippen molar-refractivity contribution in [3.05, 3.63) is 45.5 Å². The number of aromatic nitrogens is 2. The molecule has 2 aliphatic carbocycles. The highest BCUT2D eigenvalue weighted by molar-refractivity contribution is 6.42. The maximum atomic E-state index is 6.30. The van der Waals surface area contributed by atoms with Crippen molar-refractivity contribution in [3.63, 3.8) is 0 Å². The molecule has 0 spiro atoms. The van der Waals surface area contributed by atoms with Gasteiger partial charge in [0.2, 0.25) is 5.89 Å². The summed E-state index contributed by atoms with van der Waals surface area (Å²) >= 11 is 12.2. The van der Waals surface area contributed by atoms with Crippen LogP contribution in [-0.4, -0.2) is 10.1 Å². The molecule has 1 aromatic heterocycles. The third-order valence-corrected chi connectivity index (χ3v) is 5.94. The van der Waals surface area contributed by atoms with Crippen molar-refractivity contribution in [1.82, 2.24) is 10.1 Å². The molecule has 116 valence electrons. The molecular formula is C16H17Cl2N3O. The molecule has 6 heteroatoms. The summed E-state index contributed by atoms with van der Waals surface area (Å²) in [5, 5.41) is 5.27. The van der Waals surface area contributed by atoms with E-state index in [0.29, 0.717) is 21.8 Å². The van der Waals surface area contributed by atoms with E-state index in [-0.39, 0.29) is 5.41 Å². The van der Waals surface area contributed by atoms with E-state index in [4.69, 9.17) is 33.5 Å². The first kappa shape index (κ1) is 14.5. The van der Waals surface area contributed by atoms with Crippen molar-refractivity contribution in [2.45, 2.75) is 49.5 Å². The Morgan fingerprint density at radius 3 is 2.32 bits per heavy atom. The van der Waals surface area contributed by atoms with Crippen LogP contribution in [0.3, 0.4) is 0 Å². The van der Waals surface area contributed by atoms with Crippen molar-refractivity contribution < 1.29 is 4.52 Å². The molecule has 0 radical (unpaired) electrons. The normalized spacial score (nSPS) is 22.0. The van der Waals surface area contributed by atoms with Gasteiger partial charge in [0.05, 0.1) is 21.0 Å². The van der Waals surface area contributed by atoms with Gasteiger partial charge >= 0.3 is 0 Å². The molecule has 0 amide bonds. The topological polar surface area (TPSA) is 64.9 Å². The zero-order valence-electron chi connectivity index (χ0n) is 12.1. The van der Waals surface area contributed by atoms with E-state index < -0.39 is 5.54 Å². The van der Waals surface area contributed by atoms with Gasteiger partial charge in [-0.25, -0.2) is 0 Å². The van der Waals surface area contributed by atoms with Gasteiger partial charge in [0.25, 0.3) is 0 Å². The van der Waals surface area contributed by atoms with Crippen LogP contribution in [0.1, 0.15) is 55.8 Å².